The van der Waals surface area contributed by atoms with Crippen molar-refractivity contribution in [3.05, 3.63) is 35.9 Å². The molecule has 1 amide bonds. The smallest absolute Gasteiger partial charge is 0.408 e. The minimum atomic E-state index is -1.02. The zero-order chi connectivity index (χ0) is 11.6. The van der Waals surface area contributed by atoms with Crippen LogP contribution in [0.15, 0.2) is 30.3 Å². The van der Waals surface area contributed by atoms with Crippen LogP contribution in [0.4, 0.5) is 9.18 Å². The molecule has 4 heteroatoms. The summed E-state index contributed by atoms with van der Waals surface area (Å²) in [4.78, 5) is 11.3. The third-order valence-corrected chi connectivity index (χ3v) is 2.69. The van der Waals surface area contributed by atoms with Crippen LogP contribution in [-0.4, -0.2) is 17.9 Å². The molecule has 1 aromatic carbocycles. The number of alkyl carbamates (subject to hydrolysis) is 1. The molecule has 0 aliphatic heterocycles. The van der Waals surface area contributed by atoms with E-state index >= 15 is 0 Å². The van der Waals surface area contributed by atoms with Crippen molar-refractivity contribution in [3.63, 3.8) is 0 Å². The van der Waals surface area contributed by atoms with Crippen molar-refractivity contribution in [2.24, 2.45) is 0 Å². The second kappa shape index (κ2) is 4.12. The summed E-state index contributed by atoms with van der Waals surface area (Å²) < 4.78 is 17.7. The number of alkyl halides is 1. The van der Waals surface area contributed by atoms with Gasteiger partial charge in [0, 0.05) is 13.0 Å². The Kier molecular flexibility index (Phi) is 2.81. The Hall–Kier alpha value is -1.58. The van der Waals surface area contributed by atoms with Gasteiger partial charge >= 0.3 is 6.09 Å². The molecule has 16 heavy (non-hydrogen) atoms. The van der Waals surface area contributed by atoms with Gasteiger partial charge in [0.1, 0.15) is 11.8 Å². The van der Waals surface area contributed by atoms with Gasteiger partial charge in [-0.3, -0.25) is 0 Å². The number of carbonyl (C=O) groups is 1. The van der Waals surface area contributed by atoms with E-state index in [1.54, 1.807) is 6.92 Å². The van der Waals surface area contributed by atoms with Gasteiger partial charge in [-0.05, 0) is 12.5 Å². The zero-order valence-corrected chi connectivity index (χ0v) is 9.07. The van der Waals surface area contributed by atoms with Gasteiger partial charge in [-0.2, -0.15) is 0 Å². The average molecular weight is 223 g/mol. The van der Waals surface area contributed by atoms with Crippen LogP contribution < -0.4 is 5.32 Å². The lowest BCUT2D eigenvalue weighted by atomic mass is 10.2. The summed E-state index contributed by atoms with van der Waals surface area (Å²) in [7, 11) is 0. The molecule has 0 spiro atoms. The summed E-state index contributed by atoms with van der Waals surface area (Å²) in [6.07, 6.45) is -1.28. The van der Waals surface area contributed by atoms with Crippen molar-refractivity contribution in [2.45, 2.75) is 31.7 Å². The molecule has 1 fully saturated rings. The normalized spacial score (nSPS) is 27.2. The summed E-state index contributed by atoms with van der Waals surface area (Å²) in [6.45, 7) is 1.99. The fraction of sp³-hybridized carbons (Fsp3) is 0.417. The lowest BCUT2D eigenvalue weighted by molar-refractivity contribution is 0.0770. The topological polar surface area (TPSA) is 38.3 Å². The van der Waals surface area contributed by atoms with Crippen molar-refractivity contribution < 1.29 is 13.9 Å². The lowest BCUT2D eigenvalue weighted by Crippen LogP contribution is -2.29. The maximum absolute atomic E-state index is 12.8. The van der Waals surface area contributed by atoms with E-state index in [1.807, 2.05) is 30.3 Å². The van der Waals surface area contributed by atoms with E-state index in [1.165, 1.54) is 0 Å². The average Bonchev–Trinajstić information content (AvgIpc) is 2.84. The highest BCUT2D eigenvalue weighted by molar-refractivity contribution is 5.68. The number of amides is 1. The van der Waals surface area contributed by atoms with Gasteiger partial charge in [-0.15, -0.1) is 0 Å². The van der Waals surface area contributed by atoms with Crippen LogP contribution in [0.3, 0.4) is 0 Å². The van der Waals surface area contributed by atoms with Crippen LogP contribution in [0, 0.1) is 0 Å². The number of rotatable bonds is 3. The summed E-state index contributed by atoms with van der Waals surface area (Å²) in [6, 6.07) is 9.49. The molecule has 0 saturated heterocycles. The van der Waals surface area contributed by atoms with E-state index in [4.69, 9.17) is 4.74 Å². The molecule has 1 aromatic rings. The first-order valence-electron chi connectivity index (χ1n) is 5.25. The maximum atomic E-state index is 12.8. The van der Waals surface area contributed by atoms with Crippen LogP contribution in [0.25, 0.3) is 0 Å². The highest BCUT2D eigenvalue weighted by Crippen LogP contribution is 2.42. The maximum Gasteiger partial charge on any atom is 0.408 e. The van der Waals surface area contributed by atoms with Crippen LogP contribution in [0.5, 0.6) is 0 Å². The van der Waals surface area contributed by atoms with Gasteiger partial charge in [0.05, 0.1) is 0 Å². The fourth-order valence-corrected chi connectivity index (χ4v) is 1.42. The molecule has 1 aliphatic carbocycles. The first kappa shape index (κ1) is 10.9. The molecule has 1 aliphatic rings. The lowest BCUT2D eigenvalue weighted by Gasteiger charge is -2.11. The van der Waals surface area contributed by atoms with Gasteiger partial charge < -0.3 is 10.1 Å². The summed E-state index contributed by atoms with van der Waals surface area (Å²) in [5.41, 5.74) is 0.0815. The second-order valence-corrected chi connectivity index (χ2v) is 4.21. The number of carbonyl (C=O) groups excluding carboxylic acids is 1. The third-order valence-electron chi connectivity index (χ3n) is 2.69. The van der Waals surface area contributed by atoms with Crippen LogP contribution >= 0.6 is 0 Å². The molecule has 1 N–H and O–H groups in total. The zero-order valence-electron chi connectivity index (χ0n) is 9.07. The molecule has 1 saturated carbocycles. The van der Waals surface area contributed by atoms with Crippen molar-refractivity contribution in [1.82, 2.24) is 5.32 Å². The first-order valence-corrected chi connectivity index (χ1v) is 5.25. The SMILES string of the molecule is CC1(OC(=O)NCc2ccccc2)CC1F. The van der Waals surface area contributed by atoms with Crippen molar-refractivity contribution in [1.29, 1.82) is 0 Å². The Morgan fingerprint density at radius 1 is 1.56 bits per heavy atom. The number of hydrogen-bond acceptors (Lipinski definition) is 2. The molecule has 3 nitrogen and oxygen atoms in total. The Labute approximate surface area is 93.6 Å². The Balaban J connectivity index is 1.77. The number of benzene rings is 1. The Morgan fingerprint density at radius 2 is 2.19 bits per heavy atom. The number of nitrogens with one attached hydrogen (secondary N) is 1. The predicted molar refractivity (Wildman–Crippen MR) is 57.7 cm³/mol. The summed E-state index contributed by atoms with van der Waals surface area (Å²) in [5.74, 6) is 0. The van der Waals surface area contributed by atoms with E-state index in [2.05, 4.69) is 5.32 Å². The van der Waals surface area contributed by atoms with E-state index in [9.17, 15) is 9.18 Å². The summed E-state index contributed by atoms with van der Waals surface area (Å²) >= 11 is 0. The second-order valence-electron chi connectivity index (χ2n) is 4.21. The largest absolute Gasteiger partial charge is 0.440 e. The first-order chi connectivity index (χ1) is 7.60. The molecule has 2 atom stereocenters. The minimum Gasteiger partial charge on any atom is -0.440 e. The molecule has 0 bridgehead atoms. The third kappa shape index (κ3) is 2.51. The van der Waals surface area contributed by atoms with Crippen LogP contribution in [0.2, 0.25) is 0 Å². The van der Waals surface area contributed by atoms with Gasteiger partial charge in [0.25, 0.3) is 0 Å². The highest BCUT2D eigenvalue weighted by atomic mass is 19.1. The number of hydrogen-bond donors (Lipinski definition) is 1. The Bertz CT molecular complexity index is 382. The number of ether oxygens (including phenoxy) is 1. The fourth-order valence-electron chi connectivity index (χ4n) is 1.42. The van der Waals surface area contributed by atoms with Gasteiger partial charge in [-0.25, -0.2) is 9.18 Å². The van der Waals surface area contributed by atoms with Crippen molar-refractivity contribution in [3.8, 4) is 0 Å². The Morgan fingerprint density at radius 3 is 2.75 bits per heavy atom. The van der Waals surface area contributed by atoms with Gasteiger partial charge in [0.2, 0.25) is 0 Å². The molecule has 2 rings (SSSR count). The van der Waals surface area contributed by atoms with Crippen LogP contribution in [-0.2, 0) is 11.3 Å². The standard InChI is InChI=1S/C12H14FNO2/c1-12(7-10(12)13)16-11(15)14-8-9-5-3-2-4-6-9/h2-6,10H,7-8H2,1H3,(H,14,15). The quantitative estimate of drug-likeness (QED) is 0.854. The summed E-state index contributed by atoms with van der Waals surface area (Å²) in [5, 5.41) is 2.59. The predicted octanol–water partition coefficient (Wildman–Crippen LogP) is 2.41. The molecular formula is C12H14FNO2. The molecule has 0 aromatic heterocycles. The molecule has 0 radical (unpaired) electrons. The minimum absolute atomic E-state index is 0.297. The van der Waals surface area contributed by atoms with E-state index in [0.717, 1.165) is 5.56 Å². The molecular weight excluding hydrogens is 209 g/mol. The highest BCUT2D eigenvalue weighted by Gasteiger charge is 2.55. The van der Waals surface area contributed by atoms with Crippen molar-refractivity contribution in [2.75, 3.05) is 0 Å². The van der Waals surface area contributed by atoms with Gasteiger partial charge in [0.15, 0.2) is 0 Å². The number of halogens is 1. The van der Waals surface area contributed by atoms with E-state index in [-0.39, 0.29) is 0 Å². The van der Waals surface area contributed by atoms with Crippen LogP contribution in [0.1, 0.15) is 18.9 Å². The molecule has 86 valence electrons. The van der Waals surface area contributed by atoms with Crippen molar-refractivity contribution >= 4 is 6.09 Å². The monoisotopic (exact) mass is 223 g/mol. The molecule has 2 unspecified atom stereocenters. The van der Waals surface area contributed by atoms with Gasteiger partial charge in [-0.1, -0.05) is 30.3 Å². The molecule has 0 heterocycles. The van der Waals surface area contributed by atoms with E-state index < -0.39 is 17.9 Å². The van der Waals surface area contributed by atoms with E-state index in [0.29, 0.717) is 13.0 Å².